The van der Waals surface area contributed by atoms with Crippen LogP contribution in [0.4, 0.5) is 5.69 Å². The fourth-order valence-corrected chi connectivity index (χ4v) is 2.13. The van der Waals surface area contributed by atoms with Gasteiger partial charge in [-0.15, -0.1) is 12.4 Å². The molecule has 0 bridgehead atoms. The van der Waals surface area contributed by atoms with E-state index in [0.717, 1.165) is 35.4 Å². The van der Waals surface area contributed by atoms with Gasteiger partial charge in [0.25, 0.3) is 0 Å². The van der Waals surface area contributed by atoms with Crippen molar-refractivity contribution in [3.8, 4) is 6.07 Å². The summed E-state index contributed by atoms with van der Waals surface area (Å²) in [5, 5.41) is 9.03. The lowest BCUT2D eigenvalue weighted by Gasteiger charge is -2.11. The van der Waals surface area contributed by atoms with Gasteiger partial charge in [0.2, 0.25) is 0 Å². The molecule has 1 aromatic carbocycles. The van der Waals surface area contributed by atoms with E-state index in [1.54, 1.807) is 6.07 Å². The van der Waals surface area contributed by atoms with Crippen molar-refractivity contribution < 1.29 is 0 Å². The van der Waals surface area contributed by atoms with Gasteiger partial charge in [0.1, 0.15) is 11.9 Å². The molecule has 0 radical (unpaired) electrons. The molecule has 2 rings (SSSR count). The summed E-state index contributed by atoms with van der Waals surface area (Å²) in [6.07, 6.45) is 2.14. The molecule has 3 nitrogen and oxygen atoms in total. The number of nitriles is 1. The van der Waals surface area contributed by atoms with Gasteiger partial charge in [-0.3, -0.25) is 0 Å². The first kappa shape index (κ1) is 14.0. The summed E-state index contributed by atoms with van der Waals surface area (Å²) in [6.45, 7) is 1.05. The Morgan fingerprint density at radius 3 is 2.82 bits per heavy atom. The molecule has 90 valence electrons. The number of hydrogen-bond donors (Lipinski definition) is 0. The largest absolute Gasteiger partial charge is 0.363 e. The SMILES string of the molecule is CN1CCCC1=Nc1ccc(Br)cc1C#N.Cl. The van der Waals surface area contributed by atoms with Gasteiger partial charge in [-0.1, -0.05) is 15.9 Å². The lowest BCUT2D eigenvalue weighted by molar-refractivity contribution is 0.550. The van der Waals surface area contributed by atoms with Crippen molar-refractivity contribution in [1.29, 1.82) is 5.26 Å². The monoisotopic (exact) mass is 313 g/mol. The van der Waals surface area contributed by atoms with E-state index in [1.165, 1.54) is 0 Å². The van der Waals surface area contributed by atoms with Crippen LogP contribution in [0, 0.1) is 11.3 Å². The van der Waals surface area contributed by atoms with Gasteiger partial charge < -0.3 is 4.90 Å². The molecule has 1 aliphatic heterocycles. The van der Waals surface area contributed by atoms with Crippen molar-refractivity contribution >= 4 is 39.9 Å². The van der Waals surface area contributed by atoms with Crippen molar-refractivity contribution in [3.63, 3.8) is 0 Å². The van der Waals surface area contributed by atoms with Crippen LogP contribution in [-0.2, 0) is 0 Å². The number of nitrogens with zero attached hydrogens (tertiary/aromatic N) is 3. The number of likely N-dealkylation sites (tertiary alicyclic amines) is 1. The fourth-order valence-electron chi connectivity index (χ4n) is 1.77. The Bertz CT molecular complexity index is 479. The molecule has 0 aromatic heterocycles. The second-order valence-electron chi connectivity index (χ2n) is 3.83. The third kappa shape index (κ3) is 3.21. The highest BCUT2D eigenvalue weighted by atomic mass is 79.9. The van der Waals surface area contributed by atoms with Crippen LogP contribution in [0.25, 0.3) is 0 Å². The van der Waals surface area contributed by atoms with Gasteiger partial charge >= 0.3 is 0 Å². The number of aliphatic imine (C=N–C) groups is 1. The van der Waals surface area contributed by atoms with Crippen molar-refractivity contribution in [1.82, 2.24) is 4.90 Å². The molecule has 0 spiro atoms. The van der Waals surface area contributed by atoms with Crippen LogP contribution in [-0.4, -0.2) is 24.3 Å². The second kappa shape index (κ2) is 6.04. The van der Waals surface area contributed by atoms with Crippen LogP contribution in [0.2, 0.25) is 0 Å². The highest BCUT2D eigenvalue weighted by Crippen LogP contribution is 2.24. The summed E-state index contributed by atoms with van der Waals surface area (Å²) >= 11 is 3.35. The van der Waals surface area contributed by atoms with E-state index in [2.05, 4.69) is 31.9 Å². The van der Waals surface area contributed by atoms with Crippen LogP contribution in [0.3, 0.4) is 0 Å². The summed E-state index contributed by atoms with van der Waals surface area (Å²) < 4.78 is 0.910. The van der Waals surface area contributed by atoms with Crippen LogP contribution in [0.1, 0.15) is 18.4 Å². The Morgan fingerprint density at radius 1 is 1.47 bits per heavy atom. The maximum atomic E-state index is 9.03. The summed E-state index contributed by atoms with van der Waals surface area (Å²) in [5.74, 6) is 1.07. The van der Waals surface area contributed by atoms with E-state index in [0.29, 0.717) is 5.56 Å². The molecule has 0 saturated carbocycles. The first-order valence-electron chi connectivity index (χ1n) is 5.19. The molecular formula is C12H13BrClN3. The number of rotatable bonds is 1. The zero-order chi connectivity index (χ0) is 11.5. The molecule has 0 aliphatic carbocycles. The van der Waals surface area contributed by atoms with Crippen LogP contribution in [0.5, 0.6) is 0 Å². The molecule has 0 unspecified atom stereocenters. The normalized spacial score (nSPS) is 16.8. The Balaban J connectivity index is 0.00000144. The highest BCUT2D eigenvalue weighted by molar-refractivity contribution is 9.10. The predicted molar refractivity (Wildman–Crippen MR) is 75.1 cm³/mol. The second-order valence-corrected chi connectivity index (χ2v) is 4.74. The molecule has 1 heterocycles. The first-order chi connectivity index (χ1) is 7.70. The molecule has 5 heteroatoms. The average molecular weight is 315 g/mol. The fraction of sp³-hybridized carbons (Fsp3) is 0.333. The van der Waals surface area contributed by atoms with E-state index in [-0.39, 0.29) is 12.4 Å². The smallest absolute Gasteiger partial charge is 0.105 e. The molecular weight excluding hydrogens is 302 g/mol. The van der Waals surface area contributed by atoms with Crippen LogP contribution >= 0.6 is 28.3 Å². The van der Waals surface area contributed by atoms with Gasteiger partial charge in [-0.25, -0.2) is 4.99 Å². The molecule has 0 amide bonds. The maximum absolute atomic E-state index is 9.03. The molecule has 0 atom stereocenters. The first-order valence-corrected chi connectivity index (χ1v) is 5.98. The third-order valence-corrected chi connectivity index (χ3v) is 3.16. The van der Waals surface area contributed by atoms with Gasteiger partial charge in [0.15, 0.2) is 0 Å². The lowest BCUT2D eigenvalue weighted by atomic mass is 10.2. The summed E-state index contributed by atoms with van der Waals surface area (Å²) in [4.78, 5) is 6.69. The standard InChI is InChI=1S/C12H12BrN3.ClH/c1-16-6-2-3-12(16)15-11-5-4-10(13)7-9(11)8-14;/h4-5,7H,2-3,6H2,1H3;1H. The maximum Gasteiger partial charge on any atom is 0.105 e. The van der Waals surface area contributed by atoms with E-state index in [4.69, 9.17) is 5.26 Å². The van der Waals surface area contributed by atoms with Crippen molar-refractivity contribution in [2.75, 3.05) is 13.6 Å². The summed E-state index contributed by atoms with van der Waals surface area (Å²) in [7, 11) is 2.04. The highest BCUT2D eigenvalue weighted by Gasteiger charge is 2.14. The zero-order valence-corrected chi connectivity index (χ0v) is 11.9. The quantitative estimate of drug-likeness (QED) is 0.796. The van der Waals surface area contributed by atoms with Crippen molar-refractivity contribution in [2.45, 2.75) is 12.8 Å². The topological polar surface area (TPSA) is 39.4 Å². The molecule has 1 fully saturated rings. The van der Waals surface area contributed by atoms with Gasteiger partial charge in [-0.2, -0.15) is 5.26 Å². The molecule has 17 heavy (non-hydrogen) atoms. The summed E-state index contributed by atoms with van der Waals surface area (Å²) in [6, 6.07) is 7.76. The minimum absolute atomic E-state index is 0. The Morgan fingerprint density at radius 2 is 2.24 bits per heavy atom. The van der Waals surface area contributed by atoms with Gasteiger partial charge in [-0.05, 0) is 24.6 Å². The average Bonchev–Trinajstić information content (AvgIpc) is 2.67. The third-order valence-electron chi connectivity index (χ3n) is 2.66. The Labute approximate surface area is 116 Å². The van der Waals surface area contributed by atoms with Crippen molar-refractivity contribution in [3.05, 3.63) is 28.2 Å². The van der Waals surface area contributed by atoms with Crippen LogP contribution < -0.4 is 0 Å². The molecule has 1 aromatic rings. The predicted octanol–water partition coefficient (Wildman–Crippen LogP) is 3.50. The minimum Gasteiger partial charge on any atom is -0.363 e. The number of halogens is 2. The number of hydrogen-bond acceptors (Lipinski definition) is 2. The van der Waals surface area contributed by atoms with Gasteiger partial charge in [0.05, 0.1) is 11.3 Å². The zero-order valence-electron chi connectivity index (χ0n) is 9.48. The van der Waals surface area contributed by atoms with Crippen molar-refractivity contribution in [2.24, 2.45) is 4.99 Å². The number of benzene rings is 1. The Hall–Kier alpha value is -1.05. The van der Waals surface area contributed by atoms with E-state index >= 15 is 0 Å². The summed E-state index contributed by atoms with van der Waals surface area (Å²) in [5.41, 5.74) is 1.37. The minimum atomic E-state index is 0. The molecule has 1 aliphatic rings. The molecule has 0 N–H and O–H groups in total. The van der Waals surface area contributed by atoms with E-state index < -0.39 is 0 Å². The molecule has 1 saturated heterocycles. The van der Waals surface area contributed by atoms with E-state index in [1.807, 2.05) is 19.2 Å². The van der Waals surface area contributed by atoms with E-state index in [9.17, 15) is 0 Å². The van der Waals surface area contributed by atoms with Gasteiger partial charge in [0, 0.05) is 24.5 Å². The Kier molecular flexibility index (Phi) is 4.98. The lowest BCUT2D eigenvalue weighted by Crippen LogP contribution is -2.18. The number of amidine groups is 1. The van der Waals surface area contributed by atoms with Crippen LogP contribution in [0.15, 0.2) is 27.7 Å².